The highest BCUT2D eigenvalue weighted by atomic mass is 32.2. The monoisotopic (exact) mass is 270 g/mol. The Bertz CT molecular complexity index is 396. The van der Waals surface area contributed by atoms with Crippen molar-refractivity contribution in [3.8, 4) is 0 Å². The Morgan fingerprint density at radius 2 is 2.06 bits per heavy atom. The maximum absolute atomic E-state index is 5.39. The van der Waals surface area contributed by atoms with E-state index in [2.05, 4.69) is 39.1 Å². The van der Waals surface area contributed by atoms with Crippen LogP contribution in [-0.4, -0.2) is 46.5 Å². The van der Waals surface area contributed by atoms with Crippen LogP contribution in [0.2, 0.25) is 0 Å². The average Bonchev–Trinajstić information content (AvgIpc) is 2.35. The number of nitrogens with two attached hydrogens (primary N) is 1. The second kappa shape index (κ2) is 6.17. The Morgan fingerprint density at radius 3 is 2.56 bits per heavy atom. The molecular weight excluding hydrogens is 252 g/mol. The lowest BCUT2D eigenvalue weighted by molar-refractivity contribution is 0.0454. The third-order valence-corrected chi connectivity index (χ3v) is 3.66. The molecule has 2 heterocycles. The fourth-order valence-corrected chi connectivity index (χ4v) is 2.44. The number of rotatable bonds is 6. The molecule has 3 N–H and O–H groups in total. The fraction of sp³-hybridized carbons (Fsp3) is 0.700. The molecular formula is C10H18N6OS. The molecule has 100 valence electrons. The van der Waals surface area contributed by atoms with Gasteiger partial charge in [-0.25, -0.2) is 5.84 Å². The first-order valence-electron chi connectivity index (χ1n) is 5.98. The van der Waals surface area contributed by atoms with Crippen molar-refractivity contribution in [2.45, 2.75) is 24.3 Å². The van der Waals surface area contributed by atoms with E-state index in [0.717, 1.165) is 26.3 Å². The number of nitrogen functional groups attached to an aromatic ring is 1. The average molecular weight is 270 g/mol. The van der Waals surface area contributed by atoms with E-state index in [-0.39, 0.29) is 0 Å². The first kappa shape index (κ1) is 13.3. The predicted molar refractivity (Wildman–Crippen MR) is 71.7 cm³/mol. The number of ether oxygens (including phenoxy) is 1. The van der Waals surface area contributed by atoms with Crippen molar-refractivity contribution in [3.63, 3.8) is 0 Å². The normalized spacial score (nSPS) is 15.3. The largest absolute Gasteiger partial charge is 0.379 e. The molecule has 0 bridgehead atoms. The number of thioether (sulfide) groups is 1. The van der Waals surface area contributed by atoms with Gasteiger partial charge in [0.1, 0.15) is 0 Å². The van der Waals surface area contributed by atoms with Gasteiger partial charge in [-0.05, 0) is 13.8 Å². The van der Waals surface area contributed by atoms with E-state index in [1.165, 1.54) is 0 Å². The van der Waals surface area contributed by atoms with Gasteiger partial charge in [-0.3, -0.25) is 5.43 Å². The van der Waals surface area contributed by atoms with Crippen LogP contribution in [-0.2, 0) is 4.74 Å². The van der Waals surface area contributed by atoms with Crippen molar-refractivity contribution in [3.05, 3.63) is 0 Å². The molecule has 0 spiro atoms. The molecule has 1 aromatic heterocycles. The Hall–Kier alpha value is -1.12. The lowest BCUT2D eigenvalue weighted by Gasteiger charge is -2.25. The fourth-order valence-electron chi connectivity index (χ4n) is 1.54. The molecule has 7 nitrogen and oxygen atoms in total. The summed E-state index contributed by atoms with van der Waals surface area (Å²) >= 11 is 1.60. The molecule has 0 aliphatic carbocycles. The number of hydrogen-bond acceptors (Lipinski definition) is 8. The van der Waals surface area contributed by atoms with Crippen molar-refractivity contribution in [2.75, 3.05) is 36.6 Å². The van der Waals surface area contributed by atoms with E-state index in [9.17, 15) is 0 Å². The molecule has 1 saturated heterocycles. The van der Waals surface area contributed by atoms with Crippen LogP contribution in [0.4, 0.5) is 11.9 Å². The van der Waals surface area contributed by atoms with Gasteiger partial charge in [0, 0.05) is 13.1 Å². The van der Waals surface area contributed by atoms with E-state index in [1.54, 1.807) is 11.8 Å². The molecule has 1 aliphatic rings. The summed E-state index contributed by atoms with van der Waals surface area (Å²) in [6.45, 7) is 7.33. The van der Waals surface area contributed by atoms with Crippen LogP contribution in [0.15, 0.2) is 5.16 Å². The van der Waals surface area contributed by atoms with Gasteiger partial charge in [0.2, 0.25) is 11.9 Å². The minimum Gasteiger partial charge on any atom is -0.379 e. The minimum atomic E-state index is 0.398. The molecule has 1 fully saturated rings. The Kier molecular flexibility index (Phi) is 4.56. The number of nitrogens with one attached hydrogen (secondary N) is 1. The minimum absolute atomic E-state index is 0.398. The summed E-state index contributed by atoms with van der Waals surface area (Å²) in [6.07, 6.45) is 0. The zero-order chi connectivity index (χ0) is 13.0. The van der Waals surface area contributed by atoms with Gasteiger partial charge < -0.3 is 9.64 Å². The Labute approximate surface area is 110 Å². The van der Waals surface area contributed by atoms with Gasteiger partial charge in [0.25, 0.3) is 0 Å². The number of aromatic nitrogens is 3. The van der Waals surface area contributed by atoms with Crippen molar-refractivity contribution < 1.29 is 4.74 Å². The van der Waals surface area contributed by atoms with Crippen LogP contribution in [0.25, 0.3) is 0 Å². The molecule has 0 saturated carbocycles. The van der Waals surface area contributed by atoms with Crippen LogP contribution >= 0.6 is 11.8 Å². The highest BCUT2D eigenvalue weighted by Crippen LogP contribution is 2.26. The zero-order valence-electron chi connectivity index (χ0n) is 10.6. The molecule has 0 aromatic carbocycles. The smallest absolute Gasteiger partial charge is 0.242 e. The topological polar surface area (TPSA) is 89.2 Å². The number of anilines is 2. The summed E-state index contributed by atoms with van der Waals surface area (Å²) in [6, 6.07) is 0. The first-order chi connectivity index (χ1) is 8.76. The number of hydrazine groups is 1. The van der Waals surface area contributed by atoms with Gasteiger partial charge in [0.05, 0.1) is 18.5 Å². The molecule has 0 atom stereocenters. The lowest BCUT2D eigenvalue weighted by atomic mass is 10.4. The standard InChI is InChI=1S/C10H18N6OS/c1-3-16(4-2)9-12-8(15-11)13-10(14-9)18-7-5-17-6-7/h7H,3-6,11H2,1-2H3,(H,12,13,14,15). The molecule has 1 aliphatic heterocycles. The maximum atomic E-state index is 5.39. The van der Waals surface area contributed by atoms with Crippen LogP contribution in [0.1, 0.15) is 13.8 Å². The van der Waals surface area contributed by atoms with Gasteiger partial charge in [0.15, 0.2) is 5.16 Å². The van der Waals surface area contributed by atoms with Crippen LogP contribution in [0.5, 0.6) is 0 Å². The SMILES string of the molecule is CCN(CC)c1nc(NN)nc(SC2COC2)n1. The molecule has 1 aromatic rings. The summed E-state index contributed by atoms with van der Waals surface area (Å²) in [5, 5.41) is 1.12. The zero-order valence-corrected chi connectivity index (χ0v) is 11.4. The lowest BCUT2D eigenvalue weighted by Crippen LogP contribution is -2.31. The summed E-state index contributed by atoms with van der Waals surface area (Å²) in [4.78, 5) is 15.0. The molecule has 8 heteroatoms. The van der Waals surface area contributed by atoms with Gasteiger partial charge in [-0.1, -0.05) is 11.8 Å². The first-order valence-corrected chi connectivity index (χ1v) is 6.86. The van der Waals surface area contributed by atoms with Crippen molar-refractivity contribution in [2.24, 2.45) is 5.84 Å². The summed E-state index contributed by atoms with van der Waals surface area (Å²) in [5.41, 5.74) is 2.49. The van der Waals surface area contributed by atoms with Crippen LogP contribution < -0.4 is 16.2 Å². The Balaban J connectivity index is 2.19. The molecule has 0 radical (unpaired) electrons. The number of hydrogen-bond donors (Lipinski definition) is 2. The highest BCUT2D eigenvalue weighted by molar-refractivity contribution is 7.99. The molecule has 0 amide bonds. The van der Waals surface area contributed by atoms with E-state index >= 15 is 0 Å². The molecule has 0 unspecified atom stereocenters. The second-order valence-electron chi connectivity index (χ2n) is 3.84. The summed E-state index contributed by atoms with van der Waals surface area (Å²) in [7, 11) is 0. The van der Waals surface area contributed by atoms with E-state index in [1.807, 2.05) is 0 Å². The molecule has 18 heavy (non-hydrogen) atoms. The van der Waals surface area contributed by atoms with Crippen molar-refractivity contribution >= 4 is 23.7 Å². The van der Waals surface area contributed by atoms with Crippen molar-refractivity contribution in [1.82, 2.24) is 15.0 Å². The van der Waals surface area contributed by atoms with Crippen molar-refractivity contribution in [1.29, 1.82) is 0 Å². The van der Waals surface area contributed by atoms with E-state index in [0.29, 0.717) is 22.3 Å². The van der Waals surface area contributed by atoms with E-state index < -0.39 is 0 Å². The van der Waals surface area contributed by atoms with Gasteiger partial charge in [-0.2, -0.15) is 15.0 Å². The summed E-state index contributed by atoms with van der Waals surface area (Å²) in [5.74, 6) is 6.45. The predicted octanol–water partition coefficient (Wildman–Crippen LogP) is 0.494. The quantitative estimate of drug-likeness (QED) is 0.570. The number of nitrogens with zero attached hydrogens (tertiary/aromatic N) is 4. The van der Waals surface area contributed by atoms with Gasteiger partial charge >= 0.3 is 0 Å². The second-order valence-corrected chi connectivity index (χ2v) is 5.10. The summed E-state index contributed by atoms with van der Waals surface area (Å²) < 4.78 is 5.14. The third-order valence-electron chi connectivity index (χ3n) is 2.66. The van der Waals surface area contributed by atoms with Gasteiger partial charge in [-0.15, -0.1) is 0 Å². The third kappa shape index (κ3) is 3.01. The highest BCUT2D eigenvalue weighted by Gasteiger charge is 2.22. The van der Waals surface area contributed by atoms with E-state index in [4.69, 9.17) is 10.6 Å². The van der Waals surface area contributed by atoms with Crippen LogP contribution in [0, 0.1) is 0 Å². The maximum Gasteiger partial charge on any atom is 0.242 e. The molecule has 2 rings (SSSR count). The Morgan fingerprint density at radius 1 is 1.33 bits per heavy atom. The van der Waals surface area contributed by atoms with Crippen LogP contribution in [0.3, 0.4) is 0 Å².